The van der Waals surface area contributed by atoms with Gasteiger partial charge in [0, 0.05) is 24.2 Å². The molecule has 0 aliphatic carbocycles. The molecule has 0 amide bonds. The summed E-state index contributed by atoms with van der Waals surface area (Å²) in [5, 5.41) is 4.73. The van der Waals surface area contributed by atoms with Crippen molar-refractivity contribution in [3.63, 3.8) is 0 Å². The number of rotatable bonds is 5. The minimum Gasteiger partial charge on any atom is -0.309 e. The minimum absolute atomic E-state index is 0.857. The summed E-state index contributed by atoms with van der Waals surface area (Å²) in [5.41, 5.74) is 4.88. The summed E-state index contributed by atoms with van der Waals surface area (Å²) in [7, 11) is 0. The van der Waals surface area contributed by atoms with E-state index in [9.17, 15) is 0 Å². The number of fused-ring (bicyclic) bond motifs is 1. The summed E-state index contributed by atoms with van der Waals surface area (Å²) in [5.74, 6) is 0. The molecule has 0 unspecified atom stereocenters. The zero-order chi connectivity index (χ0) is 14.5. The Morgan fingerprint density at radius 3 is 2.48 bits per heavy atom. The van der Waals surface area contributed by atoms with Crippen molar-refractivity contribution >= 4 is 10.9 Å². The first kappa shape index (κ1) is 13.8. The third-order valence-corrected chi connectivity index (χ3v) is 3.71. The second-order valence-electron chi connectivity index (χ2n) is 5.23. The molecule has 1 N–H and O–H groups in total. The van der Waals surface area contributed by atoms with Crippen LogP contribution in [0.4, 0.5) is 0 Å². The summed E-state index contributed by atoms with van der Waals surface area (Å²) in [6.45, 7) is 3.91. The van der Waals surface area contributed by atoms with Crippen molar-refractivity contribution in [3.05, 3.63) is 77.5 Å². The Hall–Kier alpha value is -2.19. The van der Waals surface area contributed by atoms with Crippen LogP contribution in [0.15, 0.2) is 60.7 Å². The Kier molecular flexibility index (Phi) is 4.27. The van der Waals surface area contributed by atoms with E-state index < -0.39 is 0 Å². The molecule has 0 spiro atoms. The van der Waals surface area contributed by atoms with Crippen LogP contribution in [0.25, 0.3) is 10.9 Å². The monoisotopic (exact) mass is 276 g/mol. The van der Waals surface area contributed by atoms with E-state index in [2.05, 4.69) is 60.8 Å². The fourth-order valence-electron chi connectivity index (χ4n) is 2.60. The van der Waals surface area contributed by atoms with Crippen LogP contribution < -0.4 is 5.32 Å². The molecule has 1 aromatic heterocycles. The van der Waals surface area contributed by atoms with E-state index in [4.69, 9.17) is 4.98 Å². The molecule has 2 heteroatoms. The van der Waals surface area contributed by atoms with Gasteiger partial charge in [-0.15, -0.1) is 0 Å². The molecule has 0 saturated heterocycles. The van der Waals surface area contributed by atoms with Gasteiger partial charge in [-0.3, -0.25) is 4.98 Å². The lowest BCUT2D eigenvalue weighted by atomic mass is 10.1. The molecule has 0 bridgehead atoms. The maximum absolute atomic E-state index is 4.78. The van der Waals surface area contributed by atoms with Crippen molar-refractivity contribution in [1.82, 2.24) is 10.3 Å². The molecular weight excluding hydrogens is 256 g/mol. The van der Waals surface area contributed by atoms with Gasteiger partial charge in [-0.25, -0.2) is 0 Å². The van der Waals surface area contributed by atoms with Crippen molar-refractivity contribution in [3.8, 4) is 0 Å². The fraction of sp³-hybridized carbons (Fsp3) is 0.211. The van der Waals surface area contributed by atoms with Crippen LogP contribution in [0.2, 0.25) is 0 Å². The zero-order valence-electron chi connectivity index (χ0n) is 12.3. The highest BCUT2D eigenvalue weighted by Gasteiger charge is 2.05. The Morgan fingerprint density at radius 1 is 0.905 bits per heavy atom. The number of hydrogen-bond acceptors (Lipinski definition) is 2. The molecule has 0 fully saturated rings. The van der Waals surface area contributed by atoms with Crippen molar-refractivity contribution in [1.29, 1.82) is 0 Å². The van der Waals surface area contributed by atoms with Crippen LogP contribution >= 0.6 is 0 Å². The molecule has 2 nitrogen and oxygen atoms in total. The molecular formula is C19H20N2. The van der Waals surface area contributed by atoms with Crippen molar-refractivity contribution in [2.24, 2.45) is 0 Å². The second-order valence-corrected chi connectivity index (χ2v) is 5.23. The zero-order valence-corrected chi connectivity index (χ0v) is 12.3. The largest absolute Gasteiger partial charge is 0.309 e. The standard InChI is InChI=1S/C19H20N2/c1-2-18-17(12-16-10-6-7-11-19(16)21-18)14-20-13-15-8-4-3-5-9-15/h3-12,20H,2,13-14H2,1H3. The summed E-state index contributed by atoms with van der Waals surface area (Å²) >= 11 is 0. The van der Waals surface area contributed by atoms with Crippen molar-refractivity contribution in [2.75, 3.05) is 0 Å². The van der Waals surface area contributed by atoms with Crippen LogP contribution in [-0.2, 0) is 19.5 Å². The van der Waals surface area contributed by atoms with Gasteiger partial charge in [0.2, 0.25) is 0 Å². The first-order valence-corrected chi connectivity index (χ1v) is 7.49. The van der Waals surface area contributed by atoms with Gasteiger partial charge in [0.25, 0.3) is 0 Å². The SMILES string of the molecule is CCc1nc2ccccc2cc1CNCc1ccccc1. The summed E-state index contributed by atoms with van der Waals surface area (Å²) in [6.07, 6.45) is 0.965. The third-order valence-electron chi connectivity index (χ3n) is 3.71. The molecule has 21 heavy (non-hydrogen) atoms. The minimum atomic E-state index is 0.857. The van der Waals surface area contributed by atoms with Gasteiger partial charge in [-0.1, -0.05) is 55.5 Å². The highest BCUT2D eigenvalue weighted by atomic mass is 14.9. The molecule has 0 atom stereocenters. The number of aryl methyl sites for hydroxylation is 1. The summed E-state index contributed by atoms with van der Waals surface area (Å²) in [6, 6.07) is 21.1. The topological polar surface area (TPSA) is 24.9 Å². The Bertz CT molecular complexity index is 720. The van der Waals surface area contributed by atoms with E-state index in [1.54, 1.807) is 0 Å². The highest BCUT2D eigenvalue weighted by molar-refractivity contribution is 5.79. The molecule has 3 rings (SSSR count). The number of pyridine rings is 1. The van der Waals surface area contributed by atoms with Gasteiger partial charge in [-0.2, -0.15) is 0 Å². The molecule has 3 aromatic rings. The van der Waals surface area contributed by atoms with Crippen molar-refractivity contribution < 1.29 is 0 Å². The first-order valence-electron chi connectivity index (χ1n) is 7.49. The van der Waals surface area contributed by atoms with Gasteiger partial charge in [0.1, 0.15) is 0 Å². The van der Waals surface area contributed by atoms with Crippen molar-refractivity contribution in [2.45, 2.75) is 26.4 Å². The fourth-order valence-corrected chi connectivity index (χ4v) is 2.60. The van der Waals surface area contributed by atoms with E-state index in [1.807, 2.05) is 12.1 Å². The maximum Gasteiger partial charge on any atom is 0.0705 e. The predicted octanol–water partition coefficient (Wildman–Crippen LogP) is 4.09. The number of benzene rings is 2. The predicted molar refractivity (Wildman–Crippen MR) is 88.1 cm³/mol. The van der Waals surface area contributed by atoms with Gasteiger partial charge >= 0.3 is 0 Å². The number of nitrogens with one attached hydrogen (secondary N) is 1. The van der Waals surface area contributed by atoms with Gasteiger partial charge in [-0.05, 0) is 29.7 Å². The van der Waals surface area contributed by atoms with Crippen LogP contribution in [0.1, 0.15) is 23.7 Å². The smallest absolute Gasteiger partial charge is 0.0705 e. The summed E-state index contributed by atoms with van der Waals surface area (Å²) in [4.78, 5) is 4.78. The maximum atomic E-state index is 4.78. The van der Waals surface area contributed by atoms with Crippen LogP contribution in [0.5, 0.6) is 0 Å². The lowest BCUT2D eigenvalue weighted by Gasteiger charge is -2.10. The Morgan fingerprint density at radius 2 is 1.67 bits per heavy atom. The molecule has 0 aliphatic heterocycles. The second kappa shape index (κ2) is 6.51. The highest BCUT2D eigenvalue weighted by Crippen LogP contribution is 2.17. The molecule has 0 saturated carbocycles. The van der Waals surface area contributed by atoms with E-state index in [0.717, 1.165) is 25.0 Å². The molecule has 0 aliphatic rings. The molecule has 0 radical (unpaired) electrons. The summed E-state index contributed by atoms with van der Waals surface area (Å²) < 4.78 is 0. The molecule has 2 aromatic carbocycles. The van der Waals surface area contributed by atoms with Gasteiger partial charge in [0.15, 0.2) is 0 Å². The first-order chi connectivity index (χ1) is 10.4. The van der Waals surface area contributed by atoms with E-state index in [1.165, 1.54) is 22.2 Å². The van der Waals surface area contributed by atoms with Gasteiger partial charge in [0.05, 0.1) is 5.52 Å². The van der Waals surface area contributed by atoms with Crippen LogP contribution in [-0.4, -0.2) is 4.98 Å². The number of nitrogens with zero attached hydrogens (tertiary/aromatic N) is 1. The average Bonchev–Trinajstić information content (AvgIpc) is 2.55. The number of hydrogen-bond donors (Lipinski definition) is 1. The van der Waals surface area contributed by atoms with Crippen LogP contribution in [0.3, 0.4) is 0 Å². The Labute approximate surface area is 125 Å². The average molecular weight is 276 g/mol. The van der Waals surface area contributed by atoms with E-state index >= 15 is 0 Å². The normalized spacial score (nSPS) is 10.9. The molecule has 106 valence electrons. The number of aromatic nitrogens is 1. The lowest BCUT2D eigenvalue weighted by molar-refractivity contribution is 0.686. The third kappa shape index (κ3) is 3.29. The van der Waals surface area contributed by atoms with E-state index in [0.29, 0.717) is 0 Å². The van der Waals surface area contributed by atoms with Gasteiger partial charge < -0.3 is 5.32 Å². The molecule has 1 heterocycles. The van der Waals surface area contributed by atoms with E-state index in [-0.39, 0.29) is 0 Å². The lowest BCUT2D eigenvalue weighted by Crippen LogP contribution is -2.14. The number of para-hydroxylation sites is 1. The Balaban J connectivity index is 1.76. The van der Waals surface area contributed by atoms with Crippen LogP contribution in [0, 0.1) is 0 Å². The quantitative estimate of drug-likeness (QED) is 0.759.